The summed E-state index contributed by atoms with van der Waals surface area (Å²) >= 11 is 0. The molecule has 0 aliphatic carbocycles. The molecule has 0 amide bonds. The summed E-state index contributed by atoms with van der Waals surface area (Å²) in [6, 6.07) is 5.29. The summed E-state index contributed by atoms with van der Waals surface area (Å²) in [5.41, 5.74) is 1.73. The first-order valence-electron chi connectivity index (χ1n) is 6.40. The van der Waals surface area contributed by atoms with Crippen molar-refractivity contribution >= 4 is 5.69 Å². The van der Waals surface area contributed by atoms with Crippen LogP contribution in [0.5, 0.6) is 0 Å². The van der Waals surface area contributed by atoms with Crippen molar-refractivity contribution in [2.24, 2.45) is 0 Å². The molecule has 1 N–H and O–H groups in total. The van der Waals surface area contributed by atoms with Crippen LogP contribution in [0.1, 0.15) is 24.9 Å². The van der Waals surface area contributed by atoms with Gasteiger partial charge in [-0.3, -0.25) is 0 Å². The van der Waals surface area contributed by atoms with E-state index in [0.29, 0.717) is 0 Å². The Kier molecular flexibility index (Phi) is 4.19. The number of hydrogen-bond donors (Lipinski definition) is 1. The third-order valence-corrected chi connectivity index (χ3v) is 3.71. The van der Waals surface area contributed by atoms with E-state index in [0.717, 1.165) is 30.8 Å². The SMILES string of the molecule is CNC(C)c1c(F)cccc1N1CCC(OC)C1. The lowest BCUT2D eigenvalue weighted by molar-refractivity contribution is 0.121. The van der Waals surface area contributed by atoms with Crippen molar-refractivity contribution in [2.75, 3.05) is 32.1 Å². The standard InChI is InChI=1S/C14H21FN2O/c1-10(16-2)14-12(15)5-4-6-13(14)17-8-7-11(9-17)18-3/h4-6,10-11,16H,7-9H2,1-3H3. The average Bonchev–Trinajstić information content (AvgIpc) is 2.86. The lowest BCUT2D eigenvalue weighted by Gasteiger charge is -2.25. The van der Waals surface area contributed by atoms with Crippen LogP contribution < -0.4 is 10.2 Å². The van der Waals surface area contributed by atoms with Gasteiger partial charge in [-0.1, -0.05) is 6.07 Å². The van der Waals surface area contributed by atoms with E-state index in [2.05, 4.69) is 10.2 Å². The van der Waals surface area contributed by atoms with Gasteiger partial charge in [0.05, 0.1) is 6.10 Å². The molecule has 0 aromatic heterocycles. The zero-order valence-electron chi connectivity index (χ0n) is 11.2. The maximum atomic E-state index is 14.0. The first-order valence-corrected chi connectivity index (χ1v) is 6.40. The van der Waals surface area contributed by atoms with Gasteiger partial charge in [0.15, 0.2) is 0 Å². The van der Waals surface area contributed by atoms with Gasteiger partial charge in [0.1, 0.15) is 5.82 Å². The molecule has 1 heterocycles. The minimum absolute atomic E-state index is 0.00259. The van der Waals surface area contributed by atoms with E-state index < -0.39 is 0 Å². The second kappa shape index (κ2) is 5.67. The smallest absolute Gasteiger partial charge is 0.130 e. The molecule has 2 rings (SSSR count). The van der Waals surface area contributed by atoms with Crippen molar-refractivity contribution in [2.45, 2.75) is 25.5 Å². The lowest BCUT2D eigenvalue weighted by atomic mass is 10.0. The van der Waals surface area contributed by atoms with Crippen molar-refractivity contribution < 1.29 is 9.13 Å². The monoisotopic (exact) mass is 252 g/mol. The number of anilines is 1. The minimum Gasteiger partial charge on any atom is -0.380 e. The Morgan fingerprint density at radius 1 is 1.50 bits per heavy atom. The van der Waals surface area contributed by atoms with Gasteiger partial charge in [-0.05, 0) is 32.5 Å². The van der Waals surface area contributed by atoms with Crippen LogP contribution in [0, 0.1) is 5.82 Å². The van der Waals surface area contributed by atoms with Crippen LogP contribution in [0.25, 0.3) is 0 Å². The first kappa shape index (κ1) is 13.3. The summed E-state index contributed by atoms with van der Waals surface area (Å²) in [6.07, 6.45) is 1.26. The first-order chi connectivity index (χ1) is 8.67. The summed E-state index contributed by atoms with van der Waals surface area (Å²) in [7, 11) is 3.58. The maximum Gasteiger partial charge on any atom is 0.130 e. The second-order valence-electron chi connectivity index (χ2n) is 4.78. The van der Waals surface area contributed by atoms with Crippen LogP contribution in [0.3, 0.4) is 0 Å². The van der Waals surface area contributed by atoms with Crippen LogP contribution in [-0.4, -0.2) is 33.4 Å². The lowest BCUT2D eigenvalue weighted by Crippen LogP contribution is -2.26. The number of nitrogens with zero attached hydrogens (tertiary/aromatic N) is 1. The van der Waals surface area contributed by atoms with Crippen LogP contribution in [-0.2, 0) is 4.74 Å². The van der Waals surface area contributed by atoms with Crippen molar-refractivity contribution in [3.05, 3.63) is 29.6 Å². The number of methoxy groups -OCH3 is 1. The Bertz CT molecular complexity index is 411. The highest BCUT2D eigenvalue weighted by molar-refractivity contribution is 5.56. The van der Waals surface area contributed by atoms with Crippen LogP contribution in [0.4, 0.5) is 10.1 Å². The van der Waals surface area contributed by atoms with E-state index in [4.69, 9.17) is 4.74 Å². The van der Waals surface area contributed by atoms with Gasteiger partial charge in [-0.15, -0.1) is 0 Å². The minimum atomic E-state index is -0.143. The number of hydrogen-bond acceptors (Lipinski definition) is 3. The third-order valence-electron chi connectivity index (χ3n) is 3.71. The predicted molar refractivity (Wildman–Crippen MR) is 71.5 cm³/mol. The Morgan fingerprint density at radius 3 is 2.89 bits per heavy atom. The van der Waals surface area contributed by atoms with Crippen molar-refractivity contribution in [1.82, 2.24) is 5.32 Å². The maximum absolute atomic E-state index is 14.0. The van der Waals surface area contributed by atoms with E-state index in [-0.39, 0.29) is 18.0 Å². The zero-order valence-corrected chi connectivity index (χ0v) is 11.2. The van der Waals surface area contributed by atoms with Gasteiger partial charge < -0.3 is 15.0 Å². The molecule has 1 aromatic carbocycles. The van der Waals surface area contributed by atoms with Crippen LogP contribution >= 0.6 is 0 Å². The molecule has 0 spiro atoms. The summed E-state index contributed by atoms with van der Waals surface area (Å²) < 4.78 is 19.4. The molecule has 1 aliphatic heterocycles. The highest BCUT2D eigenvalue weighted by Gasteiger charge is 2.26. The fourth-order valence-corrected chi connectivity index (χ4v) is 2.51. The molecular formula is C14H21FN2O. The number of halogens is 1. The van der Waals surface area contributed by atoms with Crippen molar-refractivity contribution in [3.63, 3.8) is 0 Å². The molecular weight excluding hydrogens is 231 g/mol. The summed E-state index contributed by atoms with van der Waals surface area (Å²) in [6.45, 7) is 3.74. The quantitative estimate of drug-likeness (QED) is 0.890. The fourth-order valence-electron chi connectivity index (χ4n) is 2.51. The van der Waals surface area contributed by atoms with E-state index >= 15 is 0 Å². The van der Waals surface area contributed by atoms with Crippen molar-refractivity contribution in [1.29, 1.82) is 0 Å². The topological polar surface area (TPSA) is 24.5 Å². The Morgan fingerprint density at radius 2 is 2.28 bits per heavy atom. The molecule has 0 saturated carbocycles. The predicted octanol–water partition coefficient (Wildman–Crippen LogP) is 2.33. The Hall–Kier alpha value is -1.13. The highest BCUT2D eigenvalue weighted by Crippen LogP contribution is 2.31. The van der Waals surface area contributed by atoms with Crippen LogP contribution in [0.15, 0.2) is 18.2 Å². The normalized spacial score (nSPS) is 21.3. The molecule has 1 aliphatic rings. The van der Waals surface area contributed by atoms with E-state index in [1.165, 1.54) is 6.07 Å². The molecule has 2 atom stereocenters. The van der Waals surface area contributed by atoms with Gasteiger partial charge in [0.25, 0.3) is 0 Å². The molecule has 2 unspecified atom stereocenters. The second-order valence-corrected chi connectivity index (χ2v) is 4.78. The molecule has 0 bridgehead atoms. The zero-order chi connectivity index (χ0) is 13.1. The highest BCUT2D eigenvalue weighted by atomic mass is 19.1. The van der Waals surface area contributed by atoms with Gasteiger partial charge in [-0.2, -0.15) is 0 Å². The van der Waals surface area contributed by atoms with E-state index in [1.807, 2.05) is 20.0 Å². The number of nitrogens with one attached hydrogen (secondary N) is 1. The third kappa shape index (κ3) is 2.49. The van der Waals surface area contributed by atoms with E-state index in [9.17, 15) is 4.39 Å². The summed E-state index contributed by atoms with van der Waals surface area (Å²) in [5.74, 6) is -0.143. The van der Waals surface area contributed by atoms with Gasteiger partial charge >= 0.3 is 0 Å². The molecule has 4 heteroatoms. The molecule has 1 aromatic rings. The molecule has 18 heavy (non-hydrogen) atoms. The molecule has 0 radical (unpaired) electrons. The average molecular weight is 252 g/mol. The van der Waals surface area contributed by atoms with Gasteiger partial charge in [0.2, 0.25) is 0 Å². The van der Waals surface area contributed by atoms with Gasteiger partial charge in [0, 0.05) is 37.5 Å². The molecule has 1 saturated heterocycles. The number of ether oxygens (including phenoxy) is 1. The molecule has 3 nitrogen and oxygen atoms in total. The molecule has 100 valence electrons. The fraction of sp³-hybridized carbons (Fsp3) is 0.571. The largest absolute Gasteiger partial charge is 0.380 e. The van der Waals surface area contributed by atoms with Crippen molar-refractivity contribution in [3.8, 4) is 0 Å². The van der Waals surface area contributed by atoms with Gasteiger partial charge in [-0.25, -0.2) is 4.39 Å². The summed E-state index contributed by atoms with van der Waals surface area (Å²) in [4.78, 5) is 2.21. The summed E-state index contributed by atoms with van der Waals surface area (Å²) in [5, 5.41) is 3.11. The number of rotatable bonds is 4. The Labute approximate surface area is 108 Å². The van der Waals surface area contributed by atoms with E-state index in [1.54, 1.807) is 13.2 Å². The Balaban J connectivity index is 2.30. The number of benzene rings is 1. The van der Waals surface area contributed by atoms with Crippen LogP contribution in [0.2, 0.25) is 0 Å². The molecule has 1 fully saturated rings.